The number of hydrogen-bond acceptors (Lipinski definition) is 5. The molecule has 1 aromatic carbocycles. The number of nitrogens with zero attached hydrogens (tertiary/aromatic N) is 2. The van der Waals surface area contributed by atoms with Gasteiger partial charge in [-0.05, 0) is 24.0 Å². The standard InChI is InChI=1S/C22H36N2O4/c1-17(2)12-24(22(26)16-28-19-8-6-5-7-9-19)14-20-13-23(10-11-27-20)15-21(25)18(3)4/h5-9,17-18,20-21,25H,10-16H2,1-4H3. The molecule has 1 N–H and O–H groups in total. The Kier molecular flexibility index (Phi) is 9.22. The number of carbonyl (C=O) groups excluding carboxylic acids is 1. The normalized spacial score (nSPS) is 19.0. The maximum atomic E-state index is 12.8. The van der Waals surface area contributed by atoms with Crippen LogP contribution in [0.1, 0.15) is 27.7 Å². The lowest BCUT2D eigenvalue weighted by molar-refractivity contribution is -0.137. The Morgan fingerprint density at radius 3 is 2.64 bits per heavy atom. The van der Waals surface area contributed by atoms with Crippen LogP contribution in [0.2, 0.25) is 0 Å². The summed E-state index contributed by atoms with van der Waals surface area (Å²) in [5, 5.41) is 10.2. The topological polar surface area (TPSA) is 62.2 Å². The molecule has 0 saturated carbocycles. The molecule has 6 heteroatoms. The number of carbonyl (C=O) groups is 1. The summed E-state index contributed by atoms with van der Waals surface area (Å²) in [4.78, 5) is 16.8. The molecule has 2 unspecified atom stereocenters. The number of aliphatic hydroxyl groups is 1. The number of aliphatic hydroxyl groups excluding tert-OH is 1. The SMILES string of the molecule is CC(C)CN(CC1CN(CC(O)C(C)C)CCO1)C(=O)COc1ccccc1. The fourth-order valence-corrected chi connectivity index (χ4v) is 3.25. The van der Waals surface area contributed by atoms with Crippen molar-refractivity contribution < 1.29 is 19.4 Å². The molecule has 158 valence electrons. The van der Waals surface area contributed by atoms with Crippen molar-refractivity contribution in [2.45, 2.75) is 39.9 Å². The summed E-state index contributed by atoms with van der Waals surface area (Å²) in [6, 6.07) is 9.40. The molecule has 2 atom stereocenters. The van der Waals surface area contributed by atoms with Crippen molar-refractivity contribution >= 4 is 5.91 Å². The molecule has 0 aromatic heterocycles. The van der Waals surface area contributed by atoms with Crippen molar-refractivity contribution in [3.63, 3.8) is 0 Å². The zero-order chi connectivity index (χ0) is 20.5. The minimum atomic E-state index is -0.341. The van der Waals surface area contributed by atoms with Crippen LogP contribution in [-0.2, 0) is 9.53 Å². The fourth-order valence-electron chi connectivity index (χ4n) is 3.25. The van der Waals surface area contributed by atoms with Gasteiger partial charge in [0.1, 0.15) is 5.75 Å². The number of benzene rings is 1. The Balaban J connectivity index is 1.90. The maximum Gasteiger partial charge on any atom is 0.260 e. The van der Waals surface area contributed by atoms with Crippen LogP contribution in [0.4, 0.5) is 0 Å². The van der Waals surface area contributed by atoms with Gasteiger partial charge in [0.25, 0.3) is 5.91 Å². The van der Waals surface area contributed by atoms with Gasteiger partial charge in [-0.25, -0.2) is 0 Å². The van der Waals surface area contributed by atoms with E-state index >= 15 is 0 Å². The van der Waals surface area contributed by atoms with E-state index < -0.39 is 0 Å². The van der Waals surface area contributed by atoms with Gasteiger partial charge >= 0.3 is 0 Å². The zero-order valence-corrected chi connectivity index (χ0v) is 17.7. The second-order valence-corrected chi connectivity index (χ2v) is 8.36. The van der Waals surface area contributed by atoms with E-state index in [1.807, 2.05) is 49.1 Å². The van der Waals surface area contributed by atoms with Crippen molar-refractivity contribution in [2.24, 2.45) is 11.8 Å². The highest BCUT2D eigenvalue weighted by atomic mass is 16.5. The van der Waals surface area contributed by atoms with E-state index in [1.165, 1.54) is 0 Å². The van der Waals surface area contributed by atoms with Crippen LogP contribution >= 0.6 is 0 Å². The number of β-amino-alcohol motifs (C(OH)–C–C–N with tert-alkyl or cyclic N) is 1. The van der Waals surface area contributed by atoms with E-state index in [1.54, 1.807) is 0 Å². The highest BCUT2D eigenvalue weighted by molar-refractivity contribution is 5.77. The van der Waals surface area contributed by atoms with Gasteiger partial charge in [-0.3, -0.25) is 9.69 Å². The quantitative estimate of drug-likeness (QED) is 0.662. The number of rotatable bonds is 10. The molecule has 1 heterocycles. The monoisotopic (exact) mass is 392 g/mol. The van der Waals surface area contributed by atoms with Crippen LogP contribution < -0.4 is 4.74 Å². The predicted octanol–water partition coefficient (Wildman–Crippen LogP) is 2.27. The third kappa shape index (κ3) is 7.78. The van der Waals surface area contributed by atoms with Crippen LogP contribution in [0.25, 0.3) is 0 Å². The van der Waals surface area contributed by atoms with Crippen LogP contribution in [0.5, 0.6) is 5.75 Å². The average molecular weight is 393 g/mol. The van der Waals surface area contributed by atoms with Crippen molar-refractivity contribution in [1.29, 1.82) is 0 Å². The number of para-hydroxylation sites is 1. The van der Waals surface area contributed by atoms with Crippen molar-refractivity contribution in [1.82, 2.24) is 9.80 Å². The van der Waals surface area contributed by atoms with Gasteiger partial charge in [-0.2, -0.15) is 0 Å². The zero-order valence-electron chi connectivity index (χ0n) is 17.7. The van der Waals surface area contributed by atoms with Gasteiger partial charge in [-0.15, -0.1) is 0 Å². The Bertz CT molecular complexity index is 579. The summed E-state index contributed by atoms with van der Waals surface area (Å²) in [6.07, 6.45) is -0.390. The molecule has 6 nitrogen and oxygen atoms in total. The number of ether oxygens (including phenoxy) is 2. The van der Waals surface area contributed by atoms with Gasteiger partial charge in [0, 0.05) is 32.7 Å². The summed E-state index contributed by atoms with van der Waals surface area (Å²) in [6.45, 7) is 12.3. The van der Waals surface area contributed by atoms with Crippen LogP contribution in [-0.4, -0.2) is 79.0 Å². The highest BCUT2D eigenvalue weighted by Gasteiger charge is 2.27. The third-order valence-electron chi connectivity index (χ3n) is 4.91. The van der Waals surface area contributed by atoms with Gasteiger partial charge < -0.3 is 19.5 Å². The van der Waals surface area contributed by atoms with Crippen molar-refractivity contribution in [2.75, 3.05) is 45.9 Å². The second kappa shape index (κ2) is 11.4. The van der Waals surface area contributed by atoms with Gasteiger partial charge in [-0.1, -0.05) is 45.9 Å². The molecule has 0 bridgehead atoms. The molecule has 1 saturated heterocycles. The number of morpholine rings is 1. The molecule has 1 fully saturated rings. The lowest BCUT2D eigenvalue weighted by Crippen LogP contribution is -2.51. The lowest BCUT2D eigenvalue weighted by Gasteiger charge is -2.37. The summed E-state index contributed by atoms with van der Waals surface area (Å²) in [7, 11) is 0. The highest BCUT2D eigenvalue weighted by Crippen LogP contribution is 2.13. The van der Waals surface area contributed by atoms with Crippen LogP contribution in [0.3, 0.4) is 0 Å². The largest absolute Gasteiger partial charge is 0.484 e. The molecular weight excluding hydrogens is 356 g/mol. The molecule has 1 aliphatic rings. The second-order valence-electron chi connectivity index (χ2n) is 8.36. The first-order valence-corrected chi connectivity index (χ1v) is 10.3. The van der Waals surface area contributed by atoms with E-state index in [2.05, 4.69) is 18.7 Å². The molecule has 1 amide bonds. The molecule has 28 heavy (non-hydrogen) atoms. The first-order valence-electron chi connectivity index (χ1n) is 10.3. The number of amides is 1. The van der Waals surface area contributed by atoms with E-state index in [4.69, 9.17) is 9.47 Å². The molecule has 0 radical (unpaired) electrons. The molecular formula is C22H36N2O4. The third-order valence-corrected chi connectivity index (χ3v) is 4.91. The van der Waals surface area contributed by atoms with Gasteiger partial charge in [0.15, 0.2) is 6.61 Å². The minimum Gasteiger partial charge on any atom is -0.484 e. The van der Waals surface area contributed by atoms with E-state index in [0.717, 1.165) is 13.1 Å². The smallest absolute Gasteiger partial charge is 0.260 e. The number of hydrogen-bond donors (Lipinski definition) is 1. The summed E-state index contributed by atoms with van der Waals surface area (Å²) < 4.78 is 11.6. The first kappa shape index (κ1) is 22.7. The maximum absolute atomic E-state index is 12.8. The lowest BCUT2D eigenvalue weighted by atomic mass is 10.1. The van der Waals surface area contributed by atoms with Crippen LogP contribution in [0.15, 0.2) is 30.3 Å². The summed E-state index contributed by atoms with van der Waals surface area (Å²) in [5.74, 6) is 1.27. The van der Waals surface area contributed by atoms with E-state index in [9.17, 15) is 9.90 Å². The summed E-state index contributed by atoms with van der Waals surface area (Å²) in [5.41, 5.74) is 0. The van der Waals surface area contributed by atoms with Gasteiger partial charge in [0.05, 0.1) is 18.8 Å². The molecule has 1 aliphatic heterocycles. The molecule has 0 aliphatic carbocycles. The van der Waals surface area contributed by atoms with Crippen molar-refractivity contribution in [3.05, 3.63) is 30.3 Å². The van der Waals surface area contributed by atoms with Gasteiger partial charge in [0.2, 0.25) is 0 Å². The van der Waals surface area contributed by atoms with E-state index in [-0.39, 0.29) is 30.6 Å². The Hall–Kier alpha value is -1.63. The van der Waals surface area contributed by atoms with Crippen molar-refractivity contribution in [3.8, 4) is 5.75 Å². The first-order chi connectivity index (χ1) is 13.3. The minimum absolute atomic E-state index is 0.0270. The summed E-state index contributed by atoms with van der Waals surface area (Å²) >= 11 is 0. The fraction of sp³-hybridized carbons (Fsp3) is 0.682. The predicted molar refractivity (Wildman–Crippen MR) is 110 cm³/mol. The van der Waals surface area contributed by atoms with Crippen LogP contribution in [0, 0.1) is 11.8 Å². The van der Waals surface area contributed by atoms with E-state index in [0.29, 0.717) is 37.9 Å². The Labute approximate surface area is 169 Å². The average Bonchev–Trinajstić information content (AvgIpc) is 2.66. The molecule has 2 rings (SSSR count). The Morgan fingerprint density at radius 1 is 1.29 bits per heavy atom. The molecule has 1 aromatic rings. The Morgan fingerprint density at radius 2 is 2.00 bits per heavy atom. The molecule has 0 spiro atoms.